The van der Waals surface area contributed by atoms with Crippen LogP contribution in [0.5, 0.6) is 0 Å². The van der Waals surface area contributed by atoms with Crippen molar-refractivity contribution >= 4 is 11.9 Å². The van der Waals surface area contributed by atoms with Gasteiger partial charge in [0.2, 0.25) is 0 Å². The molecule has 1 aliphatic heterocycles. The Morgan fingerprint density at radius 1 is 0.733 bits per heavy atom. The quantitative estimate of drug-likeness (QED) is 0.109. The molecule has 1 rings (SSSR count). The molecule has 1 atom stereocenters. The van der Waals surface area contributed by atoms with Crippen LogP contribution in [0, 0.1) is 5.92 Å². The Balaban J connectivity index is 1.96. The molecule has 0 radical (unpaired) electrons. The van der Waals surface area contributed by atoms with E-state index in [1.807, 2.05) is 6.08 Å². The molecule has 1 heterocycles. The second-order valence-electron chi connectivity index (χ2n) is 9.17. The summed E-state index contributed by atoms with van der Waals surface area (Å²) in [7, 11) is 0. The smallest absolute Gasteiger partial charge is 0.320 e. The highest BCUT2D eigenvalue weighted by molar-refractivity contribution is 5.87. The van der Waals surface area contributed by atoms with E-state index >= 15 is 0 Å². The summed E-state index contributed by atoms with van der Waals surface area (Å²) < 4.78 is 4.99. The first kappa shape index (κ1) is 26.9. The van der Waals surface area contributed by atoms with Crippen molar-refractivity contribution in [2.45, 2.75) is 142 Å². The summed E-state index contributed by atoms with van der Waals surface area (Å²) in [4.78, 5) is 23.8. The van der Waals surface area contributed by atoms with Crippen molar-refractivity contribution in [1.82, 2.24) is 0 Å². The van der Waals surface area contributed by atoms with E-state index in [9.17, 15) is 9.59 Å². The summed E-state index contributed by atoms with van der Waals surface area (Å²) in [6.07, 6.45) is 29.6. The second kappa shape index (κ2) is 19.8. The van der Waals surface area contributed by atoms with Gasteiger partial charge in [-0.15, -0.1) is 0 Å². The number of esters is 2. The third-order valence-corrected chi connectivity index (χ3v) is 6.26. The zero-order valence-corrected chi connectivity index (χ0v) is 19.8. The summed E-state index contributed by atoms with van der Waals surface area (Å²) in [5, 5.41) is 0. The van der Waals surface area contributed by atoms with Gasteiger partial charge in [-0.3, -0.25) is 9.59 Å². The monoisotopic (exact) mass is 420 g/mol. The van der Waals surface area contributed by atoms with Gasteiger partial charge in [-0.1, -0.05) is 122 Å². The molecule has 1 saturated heterocycles. The van der Waals surface area contributed by atoms with Crippen LogP contribution in [-0.4, -0.2) is 11.9 Å². The number of cyclic esters (lactones) is 2. The third kappa shape index (κ3) is 15.7. The van der Waals surface area contributed by atoms with Gasteiger partial charge in [0.25, 0.3) is 0 Å². The Kier molecular flexibility index (Phi) is 17.8. The fourth-order valence-electron chi connectivity index (χ4n) is 4.24. The maximum atomic E-state index is 12.1. The van der Waals surface area contributed by atoms with E-state index in [2.05, 4.69) is 13.0 Å². The van der Waals surface area contributed by atoms with Gasteiger partial charge in [-0.25, -0.2) is 0 Å². The second-order valence-corrected chi connectivity index (χ2v) is 9.17. The Morgan fingerprint density at radius 2 is 1.27 bits per heavy atom. The molecular weight excluding hydrogens is 372 g/mol. The van der Waals surface area contributed by atoms with Crippen LogP contribution >= 0.6 is 0 Å². The molecule has 0 aromatic heterocycles. The molecule has 0 saturated carbocycles. The highest BCUT2D eigenvalue weighted by Gasteiger charge is 2.20. The predicted molar refractivity (Wildman–Crippen MR) is 126 cm³/mol. The number of hydrogen-bond donors (Lipinski definition) is 0. The molecule has 1 unspecified atom stereocenters. The van der Waals surface area contributed by atoms with E-state index in [1.54, 1.807) is 0 Å². The van der Waals surface area contributed by atoms with Crippen molar-refractivity contribution in [3.8, 4) is 0 Å². The average molecular weight is 421 g/mol. The van der Waals surface area contributed by atoms with Crippen molar-refractivity contribution in [2.75, 3.05) is 0 Å². The van der Waals surface area contributed by atoms with Gasteiger partial charge in [-0.05, 0) is 25.7 Å². The fraction of sp³-hybridized carbons (Fsp3) is 0.852. The van der Waals surface area contributed by atoms with Crippen LogP contribution < -0.4 is 0 Å². The summed E-state index contributed by atoms with van der Waals surface area (Å²) in [6, 6.07) is 0. The van der Waals surface area contributed by atoms with E-state index in [4.69, 9.17) is 4.74 Å². The molecular formula is C27H48O3. The Morgan fingerprint density at radius 3 is 1.87 bits per heavy atom. The van der Waals surface area contributed by atoms with Crippen LogP contribution in [0.1, 0.15) is 142 Å². The van der Waals surface area contributed by atoms with Crippen LogP contribution in [-0.2, 0) is 14.3 Å². The number of allylic oxidation sites excluding steroid dienone is 1. The van der Waals surface area contributed by atoms with Gasteiger partial charge < -0.3 is 4.74 Å². The van der Waals surface area contributed by atoms with Gasteiger partial charge in [0, 0.05) is 6.42 Å². The lowest BCUT2D eigenvalue weighted by atomic mass is 9.98. The molecule has 3 heteroatoms. The normalized spacial score (nSPS) is 18.6. The lowest BCUT2D eigenvalue weighted by Crippen LogP contribution is -2.20. The van der Waals surface area contributed by atoms with E-state index in [-0.39, 0.29) is 17.9 Å². The largest absolute Gasteiger partial charge is 0.393 e. The molecule has 0 spiro atoms. The van der Waals surface area contributed by atoms with Gasteiger partial charge in [-0.2, -0.15) is 0 Å². The number of carbonyl (C=O) groups is 2. The predicted octanol–water partition coefficient (Wildman–Crippen LogP) is 8.45. The highest BCUT2D eigenvalue weighted by atomic mass is 16.6. The van der Waals surface area contributed by atoms with E-state index in [0.29, 0.717) is 6.42 Å². The van der Waals surface area contributed by atoms with E-state index in [1.165, 1.54) is 89.9 Å². The van der Waals surface area contributed by atoms with Crippen LogP contribution in [0.4, 0.5) is 0 Å². The first-order valence-electron chi connectivity index (χ1n) is 13.1. The Hall–Kier alpha value is -1.12. The molecule has 0 bridgehead atoms. The molecule has 3 nitrogen and oxygen atoms in total. The van der Waals surface area contributed by atoms with Crippen LogP contribution in [0.2, 0.25) is 0 Å². The van der Waals surface area contributed by atoms with Crippen molar-refractivity contribution < 1.29 is 14.3 Å². The lowest BCUT2D eigenvalue weighted by molar-refractivity contribution is -0.162. The number of carbonyl (C=O) groups excluding carboxylic acids is 2. The van der Waals surface area contributed by atoms with E-state index < -0.39 is 0 Å². The van der Waals surface area contributed by atoms with Crippen LogP contribution in [0.3, 0.4) is 0 Å². The zero-order valence-electron chi connectivity index (χ0n) is 19.8. The topological polar surface area (TPSA) is 43.4 Å². The lowest BCUT2D eigenvalue weighted by Gasteiger charge is -2.13. The molecule has 1 fully saturated rings. The average Bonchev–Trinajstić information content (AvgIpc) is 2.73. The molecule has 0 aromatic carbocycles. The van der Waals surface area contributed by atoms with Gasteiger partial charge in [0.15, 0.2) is 0 Å². The van der Waals surface area contributed by atoms with Crippen molar-refractivity contribution in [3.05, 3.63) is 12.2 Å². The number of rotatable bonds is 16. The maximum Gasteiger partial charge on any atom is 0.320 e. The number of hydrogen-bond acceptors (Lipinski definition) is 3. The molecule has 0 aliphatic carbocycles. The summed E-state index contributed by atoms with van der Waals surface area (Å²) in [5.74, 6) is -0.940. The molecule has 30 heavy (non-hydrogen) atoms. The van der Waals surface area contributed by atoms with Crippen molar-refractivity contribution in [3.63, 3.8) is 0 Å². The Bertz CT molecular complexity index is 455. The fourth-order valence-corrected chi connectivity index (χ4v) is 4.24. The molecule has 174 valence electrons. The Labute approximate surface area is 186 Å². The summed E-state index contributed by atoms with van der Waals surface area (Å²) >= 11 is 0. The van der Waals surface area contributed by atoms with Crippen LogP contribution in [0.15, 0.2) is 12.2 Å². The van der Waals surface area contributed by atoms with Gasteiger partial charge in [0.05, 0.1) is 5.92 Å². The first-order valence-corrected chi connectivity index (χ1v) is 13.1. The van der Waals surface area contributed by atoms with E-state index in [0.717, 1.165) is 38.5 Å². The van der Waals surface area contributed by atoms with Crippen molar-refractivity contribution in [2.24, 2.45) is 5.92 Å². The minimum Gasteiger partial charge on any atom is -0.393 e. The third-order valence-electron chi connectivity index (χ3n) is 6.26. The zero-order chi connectivity index (χ0) is 21.7. The summed E-state index contributed by atoms with van der Waals surface area (Å²) in [5.41, 5.74) is 0. The standard InChI is InChI=1S/C27H48O3/c1-2-3-4-5-6-7-8-9-10-11-12-13-14-15-16-19-22-25-23-20-17-18-21-24-26(28)30-27(25)29/h19,22,25H,2-18,20-21,23-24H2,1H3/b22-19-. The SMILES string of the molecule is CCCCCCCCCCCCCCCC/C=C\C1CCCCCCC(=O)OC1=O. The minimum atomic E-state index is -0.354. The maximum absolute atomic E-state index is 12.1. The number of unbranched alkanes of at least 4 members (excludes halogenated alkanes) is 14. The summed E-state index contributed by atoms with van der Waals surface area (Å²) in [6.45, 7) is 2.28. The van der Waals surface area contributed by atoms with Crippen molar-refractivity contribution in [1.29, 1.82) is 0 Å². The van der Waals surface area contributed by atoms with Gasteiger partial charge in [0.1, 0.15) is 0 Å². The molecule has 0 amide bonds. The minimum absolute atomic E-state index is 0.237. The van der Waals surface area contributed by atoms with Gasteiger partial charge >= 0.3 is 11.9 Å². The number of ether oxygens (including phenoxy) is 1. The van der Waals surface area contributed by atoms with Crippen LogP contribution in [0.25, 0.3) is 0 Å². The molecule has 0 N–H and O–H groups in total. The molecule has 0 aromatic rings. The molecule has 1 aliphatic rings. The first-order chi connectivity index (χ1) is 14.7. The highest BCUT2D eigenvalue weighted by Crippen LogP contribution is 2.19.